The molecule has 2 aliphatic rings. The standard InChI is InChI=1S/C13H9F3INO2/c14-13(15,16)11-4-8(7-1-2-20-6-7)3-9-10(11)5-18(17)12(9)19/h1,3-4H,2,5-6H2. The molecule has 3 rings (SSSR count). The van der Waals surface area contributed by atoms with Gasteiger partial charge in [0.1, 0.15) is 0 Å². The van der Waals surface area contributed by atoms with Gasteiger partial charge in [0.25, 0.3) is 5.91 Å². The lowest BCUT2D eigenvalue weighted by molar-refractivity contribution is -0.138. The fourth-order valence-electron chi connectivity index (χ4n) is 2.40. The smallest absolute Gasteiger partial charge is 0.373 e. The van der Waals surface area contributed by atoms with Crippen LogP contribution < -0.4 is 0 Å². The zero-order valence-electron chi connectivity index (χ0n) is 10.1. The highest BCUT2D eigenvalue weighted by atomic mass is 127. The van der Waals surface area contributed by atoms with Crippen molar-refractivity contribution in [3.05, 3.63) is 40.5 Å². The van der Waals surface area contributed by atoms with Gasteiger partial charge in [0, 0.05) is 5.56 Å². The zero-order chi connectivity index (χ0) is 14.5. The first-order valence-electron chi connectivity index (χ1n) is 5.87. The van der Waals surface area contributed by atoms with Crippen molar-refractivity contribution in [2.75, 3.05) is 13.2 Å². The van der Waals surface area contributed by atoms with Crippen LogP contribution >= 0.6 is 22.9 Å². The molecule has 0 fully saturated rings. The number of hydrogen-bond donors (Lipinski definition) is 0. The van der Waals surface area contributed by atoms with Crippen LogP contribution in [0.4, 0.5) is 13.2 Å². The summed E-state index contributed by atoms with van der Waals surface area (Å²) in [5, 5.41) is 0. The van der Waals surface area contributed by atoms with E-state index < -0.39 is 11.7 Å². The molecule has 1 aromatic carbocycles. The Bertz CT molecular complexity index is 625. The van der Waals surface area contributed by atoms with Gasteiger partial charge in [-0.25, -0.2) is 0 Å². The molecule has 3 nitrogen and oxygen atoms in total. The predicted octanol–water partition coefficient (Wildman–Crippen LogP) is 3.42. The summed E-state index contributed by atoms with van der Waals surface area (Å²) in [6.45, 7) is 0.651. The van der Waals surface area contributed by atoms with Gasteiger partial charge < -0.3 is 4.74 Å². The lowest BCUT2D eigenvalue weighted by atomic mass is 9.95. The van der Waals surface area contributed by atoms with E-state index in [1.54, 1.807) is 28.9 Å². The topological polar surface area (TPSA) is 29.5 Å². The average molecular weight is 395 g/mol. The lowest BCUT2D eigenvalue weighted by Crippen LogP contribution is -2.10. The summed E-state index contributed by atoms with van der Waals surface area (Å²) >= 11 is 1.74. The maximum absolute atomic E-state index is 13.2. The molecule has 1 aromatic rings. The van der Waals surface area contributed by atoms with E-state index in [4.69, 9.17) is 4.74 Å². The summed E-state index contributed by atoms with van der Waals surface area (Å²) < 4.78 is 45.9. The van der Waals surface area contributed by atoms with Crippen molar-refractivity contribution in [1.29, 1.82) is 0 Å². The van der Waals surface area contributed by atoms with Crippen molar-refractivity contribution < 1.29 is 22.7 Å². The molecule has 1 amide bonds. The Kier molecular flexibility index (Phi) is 3.28. The summed E-state index contributed by atoms with van der Waals surface area (Å²) in [6.07, 6.45) is -2.73. The lowest BCUT2D eigenvalue weighted by Gasteiger charge is -2.13. The number of hydrogen-bond acceptors (Lipinski definition) is 2. The molecule has 0 saturated carbocycles. The van der Waals surface area contributed by atoms with Crippen LogP contribution in [0.3, 0.4) is 0 Å². The molecule has 0 unspecified atom stereocenters. The Morgan fingerprint density at radius 2 is 2.05 bits per heavy atom. The predicted molar refractivity (Wildman–Crippen MR) is 74.1 cm³/mol. The largest absolute Gasteiger partial charge is 0.416 e. The minimum Gasteiger partial charge on any atom is -0.373 e. The third-order valence-corrected chi connectivity index (χ3v) is 4.16. The Balaban J connectivity index is 2.19. The molecule has 7 heteroatoms. The number of carbonyl (C=O) groups excluding carboxylic acids is 1. The molecular weight excluding hydrogens is 386 g/mol. The van der Waals surface area contributed by atoms with Crippen molar-refractivity contribution >= 4 is 34.3 Å². The van der Waals surface area contributed by atoms with Gasteiger partial charge in [-0.2, -0.15) is 13.2 Å². The molecule has 0 saturated heterocycles. The zero-order valence-corrected chi connectivity index (χ0v) is 12.3. The molecule has 0 bridgehead atoms. The van der Waals surface area contributed by atoms with Crippen LogP contribution in [0.15, 0.2) is 18.2 Å². The maximum atomic E-state index is 13.2. The third kappa shape index (κ3) is 2.22. The number of ether oxygens (including phenoxy) is 1. The van der Waals surface area contributed by atoms with Gasteiger partial charge in [-0.15, -0.1) is 0 Å². The monoisotopic (exact) mass is 395 g/mol. The quantitative estimate of drug-likeness (QED) is 0.539. The first-order chi connectivity index (χ1) is 9.38. The number of rotatable bonds is 1. The Hall–Kier alpha value is -1.09. The molecule has 0 N–H and O–H groups in total. The first-order valence-corrected chi connectivity index (χ1v) is 6.83. The van der Waals surface area contributed by atoms with Crippen LogP contribution in [0.2, 0.25) is 0 Å². The van der Waals surface area contributed by atoms with Gasteiger partial charge >= 0.3 is 6.18 Å². The van der Waals surface area contributed by atoms with Crippen molar-refractivity contribution in [2.45, 2.75) is 12.7 Å². The van der Waals surface area contributed by atoms with Crippen LogP contribution in [-0.2, 0) is 17.5 Å². The van der Waals surface area contributed by atoms with E-state index in [2.05, 4.69) is 0 Å². The molecule has 0 atom stereocenters. The average Bonchev–Trinajstić information content (AvgIpc) is 2.98. The molecule has 20 heavy (non-hydrogen) atoms. The molecule has 0 aromatic heterocycles. The molecule has 0 spiro atoms. The second-order valence-electron chi connectivity index (χ2n) is 4.62. The molecule has 2 aliphatic heterocycles. The third-order valence-electron chi connectivity index (χ3n) is 3.38. The van der Waals surface area contributed by atoms with Crippen LogP contribution in [0, 0.1) is 0 Å². The van der Waals surface area contributed by atoms with Gasteiger partial charge in [-0.1, -0.05) is 6.08 Å². The van der Waals surface area contributed by atoms with E-state index >= 15 is 0 Å². The first kappa shape index (κ1) is 13.9. The maximum Gasteiger partial charge on any atom is 0.416 e. The highest BCUT2D eigenvalue weighted by Gasteiger charge is 2.39. The van der Waals surface area contributed by atoms with Gasteiger partial charge in [0.15, 0.2) is 0 Å². The minimum absolute atomic E-state index is 0.0145. The molecule has 106 valence electrons. The SMILES string of the molecule is O=C1c2cc(C3=CCOC3)cc(C(F)(F)F)c2CN1I. The van der Waals surface area contributed by atoms with E-state index in [0.29, 0.717) is 17.7 Å². The van der Waals surface area contributed by atoms with Crippen LogP contribution in [0.5, 0.6) is 0 Å². The van der Waals surface area contributed by atoms with Crippen LogP contribution in [0.25, 0.3) is 5.57 Å². The molecular formula is C13H9F3INO2. The van der Waals surface area contributed by atoms with Gasteiger partial charge in [-0.3, -0.25) is 7.91 Å². The second-order valence-corrected chi connectivity index (χ2v) is 5.78. The number of carbonyl (C=O) groups is 1. The van der Waals surface area contributed by atoms with Crippen molar-refractivity contribution in [1.82, 2.24) is 3.11 Å². The summed E-state index contributed by atoms with van der Waals surface area (Å²) in [6, 6.07) is 2.65. The summed E-state index contributed by atoms with van der Waals surface area (Å²) in [5.41, 5.74) is 0.564. The molecule has 0 radical (unpaired) electrons. The van der Waals surface area contributed by atoms with Gasteiger partial charge in [0.05, 0.1) is 48.2 Å². The van der Waals surface area contributed by atoms with E-state index in [9.17, 15) is 18.0 Å². The number of halogens is 4. The van der Waals surface area contributed by atoms with Crippen molar-refractivity contribution in [3.63, 3.8) is 0 Å². The van der Waals surface area contributed by atoms with Gasteiger partial charge in [0.2, 0.25) is 0 Å². The second kappa shape index (κ2) is 4.73. The van der Waals surface area contributed by atoms with E-state index in [0.717, 1.165) is 6.07 Å². The normalized spacial score (nSPS) is 18.5. The number of fused-ring (bicyclic) bond motifs is 1. The highest BCUT2D eigenvalue weighted by Crippen LogP contribution is 2.40. The molecule has 0 aliphatic carbocycles. The van der Waals surface area contributed by atoms with Crippen LogP contribution in [0.1, 0.15) is 27.0 Å². The number of amides is 1. The summed E-state index contributed by atoms with van der Waals surface area (Å²) in [5.74, 6) is -0.382. The van der Waals surface area contributed by atoms with Crippen LogP contribution in [-0.4, -0.2) is 22.2 Å². The van der Waals surface area contributed by atoms with E-state index in [-0.39, 0.29) is 30.2 Å². The van der Waals surface area contributed by atoms with Crippen molar-refractivity contribution in [3.8, 4) is 0 Å². The Labute approximate surface area is 126 Å². The summed E-state index contributed by atoms with van der Waals surface area (Å²) in [4.78, 5) is 11.9. The minimum atomic E-state index is -4.47. The Morgan fingerprint density at radius 3 is 2.65 bits per heavy atom. The summed E-state index contributed by atoms with van der Waals surface area (Å²) in [7, 11) is 0. The number of alkyl halides is 3. The fraction of sp³-hybridized carbons (Fsp3) is 0.308. The highest BCUT2D eigenvalue weighted by molar-refractivity contribution is 14.1. The number of benzene rings is 1. The van der Waals surface area contributed by atoms with Gasteiger partial charge in [-0.05, 0) is 28.8 Å². The Morgan fingerprint density at radius 1 is 1.30 bits per heavy atom. The van der Waals surface area contributed by atoms with Crippen molar-refractivity contribution in [2.24, 2.45) is 0 Å². The van der Waals surface area contributed by atoms with E-state index in [1.165, 1.54) is 9.18 Å². The van der Waals surface area contributed by atoms with E-state index in [1.807, 2.05) is 0 Å². The number of nitrogens with zero attached hydrogens (tertiary/aromatic N) is 1. The molecule has 2 heterocycles. The fourth-order valence-corrected chi connectivity index (χ4v) is 3.00.